The Morgan fingerprint density at radius 2 is 1.40 bits per heavy atom. The Bertz CT molecular complexity index is 14.4. The van der Waals surface area contributed by atoms with Crippen LogP contribution in [0, 0.1) is 0 Å². The number of hydrogen-bond acceptors (Lipinski definition) is 3. The molecule has 37 valence electrons. The van der Waals surface area contributed by atoms with Crippen molar-refractivity contribution >= 4 is 8.53 Å². The van der Waals surface area contributed by atoms with Gasteiger partial charge in [0.05, 0.1) is 0 Å². The first-order chi connectivity index (χ1) is 1.73. The second-order valence-electron chi connectivity index (χ2n) is 0.320. The van der Waals surface area contributed by atoms with Crippen LogP contribution in [0.2, 0.25) is 0 Å². The van der Waals surface area contributed by atoms with Gasteiger partial charge in [-0.2, -0.15) is 0 Å². The van der Waals surface area contributed by atoms with E-state index in [0.29, 0.717) is 0 Å². The van der Waals surface area contributed by atoms with Gasteiger partial charge >= 0.3 is 0 Å². The van der Waals surface area contributed by atoms with Crippen LogP contribution >= 0.6 is 8.53 Å². The molecule has 0 aliphatic carbocycles. The molecule has 0 spiro atoms. The average molecular weight is 145 g/mol. The number of hydrogen-bond donors (Lipinski definition) is 3. The van der Waals surface area contributed by atoms with Crippen molar-refractivity contribution in [2.75, 3.05) is 0 Å². The van der Waals surface area contributed by atoms with Gasteiger partial charge in [0.1, 0.15) is 0 Å². The van der Waals surface area contributed by atoms with Crippen LogP contribution in [0.15, 0.2) is 0 Å². The fourth-order valence-electron chi connectivity index (χ4n) is 0. The van der Waals surface area contributed by atoms with Gasteiger partial charge < -0.3 is 9.79 Å². The molecule has 0 fully saturated rings. The first kappa shape index (κ1) is 9.27. The molecule has 0 aromatic heterocycles. The summed E-state index contributed by atoms with van der Waals surface area (Å²) >= 11 is 0. The average Bonchev–Trinajstić information content (AvgIpc) is 0.811. The molecule has 0 unspecified atom stereocenters. The van der Waals surface area contributed by atoms with E-state index in [1.807, 2.05) is 0 Å². The van der Waals surface area contributed by atoms with Crippen molar-refractivity contribution in [1.29, 1.82) is 0 Å². The zero-order valence-electron chi connectivity index (χ0n) is 2.22. The molecule has 0 rings (SSSR count). The van der Waals surface area contributed by atoms with Crippen LogP contribution in [-0.4, -0.2) is 9.79 Å². The van der Waals surface area contributed by atoms with Crippen LogP contribution < -0.4 is 5.50 Å². The first-order valence-corrected chi connectivity index (χ1v) is 1.97. The minimum absolute atomic E-state index is 0. The Morgan fingerprint density at radius 3 is 1.40 bits per heavy atom. The summed E-state index contributed by atoms with van der Waals surface area (Å²) in [5, 5.41) is 0. The van der Waals surface area contributed by atoms with E-state index >= 15 is 0 Å². The van der Waals surface area contributed by atoms with Gasteiger partial charge in [0.25, 0.3) is 0 Å². The summed E-state index contributed by atoms with van der Waals surface area (Å²) in [5.74, 6) is 0. The second kappa shape index (κ2) is 4.83. The molecule has 0 amide bonds. The minimum atomic E-state index is -2.12. The molecule has 0 saturated heterocycles. The Labute approximate surface area is 41.6 Å². The van der Waals surface area contributed by atoms with E-state index in [4.69, 9.17) is 9.79 Å². The number of nitrogens with two attached hydrogens (primary N) is 1. The van der Waals surface area contributed by atoms with Gasteiger partial charge in [0.15, 0.2) is 0 Å². The summed E-state index contributed by atoms with van der Waals surface area (Å²) in [6.07, 6.45) is 0. The van der Waals surface area contributed by atoms with Crippen molar-refractivity contribution in [2.45, 2.75) is 0 Å². The van der Waals surface area contributed by atoms with Crippen molar-refractivity contribution < 1.29 is 26.9 Å². The van der Waals surface area contributed by atoms with E-state index in [2.05, 4.69) is 5.50 Å². The molecule has 5 heavy (non-hydrogen) atoms. The molecular weight excluding hydrogens is 141 g/mol. The van der Waals surface area contributed by atoms with Gasteiger partial charge in [-0.25, -0.2) is 0 Å². The summed E-state index contributed by atoms with van der Waals surface area (Å²) in [6.45, 7) is 0. The smallest absolute Gasteiger partial charge is 0.247 e. The summed E-state index contributed by atoms with van der Waals surface area (Å²) < 4.78 is 0. The Morgan fingerprint density at radius 1 is 1.40 bits per heavy atom. The maximum absolute atomic E-state index is 7.45. The third-order valence-electron chi connectivity index (χ3n) is 0. The van der Waals surface area contributed by atoms with Crippen LogP contribution in [0.3, 0.4) is 0 Å². The van der Waals surface area contributed by atoms with Crippen LogP contribution in [0.1, 0.15) is 0 Å². The van der Waals surface area contributed by atoms with E-state index < -0.39 is 8.53 Å². The third kappa shape index (κ3) is 56.2. The zero-order valence-corrected chi connectivity index (χ0v) is 4.06. The summed E-state index contributed by atoms with van der Waals surface area (Å²) in [5.41, 5.74) is 4.29. The molecular formula is H4CuNO2P. The fourth-order valence-corrected chi connectivity index (χ4v) is 0. The molecule has 0 aliphatic rings. The van der Waals surface area contributed by atoms with Gasteiger partial charge in [0.2, 0.25) is 8.53 Å². The SMILES string of the molecule is NP(O)O.[Cu]. The maximum Gasteiger partial charge on any atom is 0.247 e. The Balaban J connectivity index is 0. The number of rotatable bonds is 0. The van der Waals surface area contributed by atoms with Gasteiger partial charge in [-0.1, -0.05) is 0 Å². The van der Waals surface area contributed by atoms with Crippen molar-refractivity contribution in [3.8, 4) is 0 Å². The predicted octanol–water partition coefficient (Wildman–Crippen LogP) is -0.846. The van der Waals surface area contributed by atoms with Crippen LogP contribution in [0.5, 0.6) is 0 Å². The van der Waals surface area contributed by atoms with E-state index in [9.17, 15) is 0 Å². The molecule has 4 N–H and O–H groups in total. The molecule has 0 bridgehead atoms. The largest absolute Gasteiger partial charge is 0.338 e. The second-order valence-corrected chi connectivity index (χ2v) is 0.961. The summed E-state index contributed by atoms with van der Waals surface area (Å²) in [4.78, 5) is 14.9. The Kier molecular flexibility index (Phi) is 8.96. The predicted molar refractivity (Wildman–Crippen MR) is 15.5 cm³/mol. The van der Waals surface area contributed by atoms with Crippen molar-refractivity contribution in [2.24, 2.45) is 5.50 Å². The molecule has 0 aliphatic heterocycles. The van der Waals surface area contributed by atoms with Gasteiger partial charge in [-0.15, -0.1) is 0 Å². The van der Waals surface area contributed by atoms with E-state index in [0.717, 1.165) is 0 Å². The molecule has 3 nitrogen and oxygen atoms in total. The van der Waals surface area contributed by atoms with E-state index in [1.165, 1.54) is 0 Å². The van der Waals surface area contributed by atoms with Gasteiger partial charge in [0, 0.05) is 17.1 Å². The summed E-state index contributed by atoms with van der Waals surface area (Å²) in [7, 11) is -2.12. The normalized spacial score (nSPS) is 7.20. The quantitative estimate of drug-likeness (QED) is 0.307. The molecule has 5 heteroatoms. The van der Waals surface area contributed by atoms with Crippen molar-refractivity contribution in [1.82, 2.24) is 0 Å². The molecule has 0 aromatic rings. The molecule has 0 saturated carbocycles. The minimum Gasteiger partial charge on any atom is -0.338 e. The van der Waals surface area contributed by atoms with E-state index in [1.54, 1.807) is 0 Å². The third-order valence-corrected chi connectivity index (χ3v) is 0. The summed E-state index contributed by atoms with van der Waals surface area (Å²) in [6, 6.07) is 0. The molecule has 0 aromatic carbocycles. The van der Waals surface area contributed by atoms with Crippen LogP contribution in [0.25, 0.3) is 0 Å². The van der Waals surface area contributed by atoms with Crippen LogP contribution in [0.4, 0.5) is 0 Å². The topological polar surface area (TPSA) is 66.5 Å². The maximum atomic E-state index is 7.45. The molecule has 1 radical (unpaired) electrons. The monoisotopic (exact) mass is 144 g/mol. The van der Waals surface area contributed by atoms with Crippen molar-refractivity contribution in [3.05, 3.63) is 0 Å². The zero-order chi connectivity index (χ0) is 3.58. The van der Waals surface area contributed by atoms with Crippen molar-refractivity contribution in [3.63, 3.8) is 0 Å². The Hall–Kier alpha value is 0.829. The van der Waals surface area contributed by atoms with Gasteiger partial charge in [-0.05, 0) is 0 Å². The fraction of sp³-hybridized carbons (Fsp3) is 0. The van der Waals surface area contributed by atoms with Gasteiger partial charge in [-0.3, -0.25) is 5.50 Å². The first-order valence-electron chi connectivity index (χ1n) is 0.658. The molecule has 0 heterocycles. The van der Waals surface area contributed by atoms with Crippen LogP contribution in [-0.2, 0) is 17.1 Å². The molecule has 0 atom stereocenters. The van der Waals surface area contributed by atoms with E-state index in [-0.39, 0.29) is 17.1 Å². The standard InChI is InChI=1S/Cu.H4NO2P/c;1-4(2)3/h;2-3H,1H2.